The third-order valence-electron chi connectivity index (χ3n) is 5.31. The summed E-state index contributed by atoms with van der Waals surface area (Å²) in [5, 5.41) is 9.80. The van der Waals surface area contributed by atoms with Crippen LogP contribution in [0.5, 0.6) is 0 Å². The molecule has 0 aliphatic carbocycles. The smallest absolute Gasteiger partial charge is 0.0808 e. The van der Waals surface area contributed by atoms with Gasteiger partial charge in [-0.05, 0) is 39.7 Å². The van der Waals surface area contributed by atoms with Gasteiger partial charge in [-0.3, -0.25) is 9.97 Å². The molecule has 0 saturated carbocycles. The summed E-state index contributed by atoms with van der Waals surface area (Å²) >= 11 is 0. The Morgan fingerprint density at radius 1 is 0.385 bits per heavy atom. The first-order chi connectivity index (χ1) is 12.9. The molecule has 0 unspecified atom stereocenters. The van der Waals surface area contributed by atoms with Gasteiger partial charge in [0, 0.05) is 33.9 Å². The zero-order chi connectivity index (χ0) is 17.1. The molecule has 0 bridgehead atoms. The predicted molar refractivity (Wildman–Crippen MR) is 110 cm³/mol. The molecule has 0 radical (unpaired) electrons. The second kappa shape index (κ2) is 4.99. The molecule has 0 atom stereocenters. The summed E-state index contributed by atoms with van der Waals surface area (Å²) in [5.74, 6) is 0. The SMILES string of the molecule is c1ccc2c(c1)c1ccccc1c1c3ncccc3c3ncccc3c21. The number of benzene rings is 4. The summed E-state index contributed by atoms with van der Waals surface area (Å²) in [7, 11) is 0. The molecule has 0 fully saturated rings. The molecular weight excluding hydrogens is 316 g/mol. The van der Waals surface area contributed by atoms with Gasteiger partial charge in [-0.2, -0.15) is 0 Å². The summed E-state index contributed by atoms with van der Waals surface area (Å²) in [5.41, 5.74) is 2.04. The van der Waals surface area contributed by atoms with E-state index in [1.807, 2.05) is 24.5 Å². The Balaban J connectivity index is 2.14. The van der Waals surface area contributed by atoms with Crippen LogP contribution in [0, 0.1) is 0 Å². The van der Waals surface area contributed by atoms with Crippen molar-refractivity contribution in [3.63, 3.8) is 0 Å². The third-order valence-corrected chi connectivity index (χ3v) is 5.31. The molecule has 0 aliphatic rings. The molecule has 0 aliphatic heterocycles. The van der Waals surface area contributed by atoms with Crippen molar-refractivity contribution in [2.24, 2.45) is 0 Å². The van der Waals surface area contributed by atoms with Crippen LogP contribution in [0.25, 0.3) is 54.1 Å². The fraction of sp³-hybridized carbons (Fsp3) is 0. The maximum Gasteiger partial charge on any atom is 0.0808 e. The van der Waals surface area contributed by atoms with E-state index >= 15 is 0 Å². The van der Waals surface area contributed by atoms with Crippen molar-refractivity contribution in [3.8, 4) is 0 Å². The molecular formula is C24H14N2. The normalized spacial score (nSPS) is 11.8. The highest BCUT2D eigenvalue weighted by Gasteiger charge is 2.16. The van der Waals surface area contributed by atoms with Crippen molar-refractivity contribution in [2.75, 3.05) is 0 Å². The highest BCUT2D eigenvalue weighted by atomic mass is 14.7. The molecule has 2 heterocycles. The van der Waals surface area contributed by atoms with Gasteiger partial charge < -0.3 is 0 Å². The lowest BCUT2D eigenvalue weighted by atomic mass is 9.90. The summed E-state index contributed by atoms with van der Waals surface area (Å²) < 4.78 is 0. The lowest BCUT2D eigenvalue weighted by Crippen LogP contribution is -1.90. The van der Waals surface area contributed by atoms with Crippen molar-refractivity contribution in [3.05, 3.63) is 85.2 Å². The van der Waals surface area contributed by atoms with E-state index in [1.165, 1.54) is 37.7 Å². The lowest BCUT2D eigenvalue weighted by molar-refractivity contribution is 1.40. The number of aromatic nitrogens is 2. The van der Waals surface area contributed by atoms with Gasteiger partial charge in [0.25, 0.3) is 0 Å². The topological polar surface area (TPSA) is 25.8 Å². The van der Waals surface area contributed by atoms with Gasteiger partial charge in [-0.25, -0.2) is 0 Å². The van der Waals surface area contributed by atoms with Crippen LogP contribution >= 0.6 is 0 Å². The minimum absolute atomic E-state index is 1.02. The van der Waals surface area contributed by atoms with E-state index in [9.17, 15) is 0 Å². The van der Waals surface area contributed by atoms with E-state index in [4.69, 9.17) is 9.97 Å². The standard InChI is InChI=1S/C24H14N2/c1-3-9-17-15(7-1)16-8-2-4-10-18(16)22-21(17)19-11-5-13-25-23(19)20-12-6-14-26-24(20)22/h1-14H. The fourth-order valence-corrected chi connectivity index (χ4v) is 4.28. The molecule has 2 nitrogen and oxygen atoms in total. The largest absolute Gasteiger partial charge is 0.256 e. The molecule has 0 N–H and O–H groups in total. The quantitative estimate of drug-likeness (QED) is 0.308. The summed E-state index contributed by atoms with van der Waals surface area (Å²) in [6.45, 7) is 0. The molecule has 6 aromatic rings. The number of nitrogens with zero attached hydrogens (tertiary/aromatic N) is 2. The molecule has 2 heteroatoms. The minimum atomic E-state index is 1.02. The number of pyridine rings is 2. The molecule has 2 aromatic heterocycles. The second-order valence-electron chi connectivity index (χ2n) is 6.64. The predicted octanol–water partition coefficient (Wildman–Crippen LogP) is 6.24. The van der Waals surface area contributed by atoms with E-state index in [0.717, 1.165) is 16.4 Å². The number of rotatable bonds is 0. The number of hydrogen-bond acceptors (Lipinski definition) is 2. The monoisotopic (exact) mass is 330 g/mol. The summed E-state index contributed by atoms with van der Waals surface area (Å²) in [4.78, 5) is 9.48. The van der Waals surface area contributed by atoms with E-state index in [1.54, 1.807) is 0 Å². The van der Waals surface area contributed by atoms with Crippen LogP contribution in [0.3, 0.4) is 0 Å². The minimum Gasteiger partial charge on any atom is -0.256 e. The van der Waals surface area contributed by atoms with E-state index in [-0.39, 0.29) is 0 Å². The van der Waals surface area contributed by atoms with Crippen LogP contribution < -0.4 is 0 Å². The Morgan fingerprint density at radius 2 is 0.885 bits per heavy atom. The van der Waals surface area contributed by atoms with E-state index in [2.05, 4.69) is 60.7 Å². The Hall–Kier alpha value is -3.52. The zero-order valence-electron chi connectivity index (χ0n) is 14.0. The van der Waals surface area contributed by atoms with Gasteiger partial charge in [-0.1, -0.05) is 54.6 Å². The lowest BCUT2D eigenvalue weighted by Gasteiger charge is -2.14. The van der Waals surface area contributed by atoms with E-state index < -0.39 is 0 Å². The highest BCUT2D eigenvalue weighted by Crippen LogP contribution is 2.42. The van der Waals surface area contributed by atoms with Crippen LogP contribution in [0.2, 0.25) is 0 Å². The average Bonchev–Trinajstić information content (AvgIpc) is 2.73. The maximum atomic E-state index is 4.78. The van der Waals surface area contributed by atoms with Crippen molar-refractivity contribution in [2.45, 2.75) is 0 Å². The van der Waals surface area contributed by atoms with Gasteiger partial charge in [0.05, 0.1) is 11.0 Å². The van der Waals surface area contributed by atoms with Crippen LogP contribution in [0.4, 0.5) is 0 Å². The van der Waals surface area contributed by atoms with Gasteiger partial charge in [0.2, 0.25) is 0 Å². The van der Waals surface area contributed by atoms with Crippen LogP contribution in [0.15, 0.2) is 85.2 Å². The first-order valence-electron chi connectivity index (χ1n) is 8.78. The van der Waals surface area contributed by atoms with Crippen molar-refractivity contribution in [1.82, 2.24) is 9.97 Å². The van der Waals surface area contributed by atoms with Crippen LogP contribution in [0.1, 0.15) is 0 Å². The number of hydrogen-bond donors (Lipinski definition) is 0. The summed E-state index contributed by atoms with van der Waals surface area (Å²) in [6, 6.07) is 25.6. The van der Waals surface area contributed by atoms with Gasteiger partial charge in [0.1, 0.15) is 0 Å². The molecule has 0 saturated heterocycles. The van der Waals surface area contributed by atoms with Crippen molar-refractivity contribution < 1.29 is 0 Å². The molecule has 26 heavy (non-hydrogen) atoms. The number of fused-ring (bicyclic) bond motifs is 11. The first-order valence-corrected chi connectivity index (χ1v) is 8.78. The molecule has 6 rings (SSSR count). The first kappa shape index (κ1) is 13.7. The molecule has 120 valence electrons. The van der Waals surface area contributed by atoms with Gasteiger partial charge >= 0.3 is 0 Å². The Morgan fingerprint density at radius 3 is 1.58 bits per heavy atom. The highest BCUT2D eigenvalue weighted by molar-refractivity contribution is 6.38. The second-order valence-corrected chi connectivity index (χ2v) is 6.64. The maximum absolute atomic E-state index is 4.78. The molecule has 0 amide bonds. The van der Waals surface area contributed by atoms with Crippen molar-refractivity contribution >= 4 is 54.1 Å². The molecule has 0 spiro atoms. The van der Waals surface area contributed by atoms with Gasteiger partial charge in [0.15, 0.2) is 0 Å². The van der Waals surface area contributed by atoms with Crippen LogP contribution in [-0.4, -0.2) is 9.97 Å². The van der Waals surface area contributed by atoms with Gasteiger partial charge in [-0.15, -0.1) is 0 Å². The molecule has 4 aromatic carbocycles. The zero-order valence-corrected chi connectivity index (χ0v) is 14.0. The van der Waals surface area contributed by atoms with Crippen LogP contribution in [-0.2, 0) is 0 Å². The van der Waals surface area contributed by atoms with E-state index in [0.29, 0.717) is 0 Å². The Kier molecular flexibility index (Phi) is 2.64. The van der Waals surface area contributed by atoms with Crippen molar-refractivity contribution in [1.29, 1.82) is 0 Å². The average molecular weight is 330 g/mol. The Bertz CT molecular complexity index is 1260. The fourth-order valence-electron chi connectivity index (χ4n) is 4.28. The Labute approximate surface area is 149 Å². The third kappa shape index (κ3) is 1.66. The summed E-state index contributed by atoms with van der Waals surface area (Å²) in [6.07, 6.45) is 3.74.